The van der Waals surface area contributed by atoms with E-state index in [1.54, 1.807) is 32.6 Å². The molecule has 0 bridgehead atoms. The van der Waals surface area contributed by atoms with Crippen molar-refractivity contribution in [3.8, 4) is 17.2 Å². The number of nitrogens with one attached hydrogen (secondary N) is 1. The van der Waals surface area contributed by atoms with Gasteiger partial charge in [-0.1, -0.05) is 0 Å². The Hall–Kier alpha value is -3.74. The van der Waals surface area contributed by atoms with Crippen molar-refractivity contribution in [1.29, 1.82) is 5.26 Å². The van der Waals surface area contributed by atoms with E-state index >= 15 is 0 Å². The second-order valence-electron chi connectivity index (χ2n) is 9.59. The van der Waals surface area contributed by atoms with Crippen LogP contribution in [0.25, 0.3) is 11.1 Å². The van der Waals surface area contributed by atoms with E-state index in [1.165, 1.54) is 6.20 Å². The van der Waals surface area contributed by atoms with E-state index in [0.29, 0.717) is 13.0 Å². The monoisotopic (exact) mass is 486 g/mol. The minimum Gasteiger partial charge on any atom is -0.462 e. The van der Waals surface area contributed by atoms with Gasteiger partial charge in [0, 0.05) is 30.9 Å². The topological polar surface area (TPSA) is 105 Å². The molecule has 1 fully saturated rings. The first-order valence-corrected chi connectivity index (χ1v) is 11.2. The number of rotatable bonds is 5. The zero-order chi connectivity index (χ0) is 26.0. The molecule has 1 saturated heterocycles. The van der Waals surface area contributed by atoms with Crippen molar-refractivity contribution in [2.75, 3.05) is 24.6 Å². The standard InChI is InChI=1S/C25H28F2N4O4/c1-6-34-22(32)18-13-29-19(12-28)20(15-9-16(26)11-17(27)10-15)21(18)31-8-7-25(5,14-31)30-23(33)35-24(2,3)4/h9-11,13H,6-8,14H2,1-5H3,(H,30,33)/t25-/m0/s1. The Morgan fingerprint density at radius 2 is 1.91 bits per heavy atom. The van der Waals surface area contributed by atoms with Crippen LogP contribution >= 0.6 is 0 Å². The summed E-state index contributed by atoms with van der Waals surface area (Å²) in [6.07, 6.45) is 1.12. The molecule has 1 aromatic carbocycles. The largest absolute Gasteiger partial charge is 0.462 e. The summed E-state index contributed by atoms with van der Waals surface area (Å²) in [5, 5.41) is 12.6. The second kappa shape index (κ2) is 9.86. The minimum atomic E-state index is -0.839. The number of hydrogen-bond acceptors (Lipinski definition) is 7. The SMILES string of the molecule is CCOC(=O)c1cnc(C#N)c(-c2cc(F)cc(F)c2)c1N1CC[C@](C)(NC(=O)OC(C)(C)C)C1. The predicted octanol–water partition coefficient (Wildman–Crippen LogP) is 4.57. The fourth-order valence-electron chi connectivity index (χ4n) is 4.05. The lowest BCUT2D eigenvalue weighted by Crippen LogP contribution is -2.49. The molecular formula is C25H28F2N4O4. The summed E-state index contributed by atoms with van der Waals surface area (Å²) < 4.78 is 38.8. The molecule has 35 heavy (non-hydrogen) atoms. The Morgan fingerprint density at radius 3 is 2.49 bits per heavy atom. The molecule has 1 aliphatic rings. The quantitative estimate of drug-likeness (QED) is 0.618. The maximum absolute atomic E-state index is 14.1. The van der Waals surface area contributed by atoms with Crippen LogP contribution in [0.5, 0.6) is 0 Å². The van der Waals surface area contributed by atoms with E-state index in [9.17, 15) is 23.6 Å². The first-order valence-electron chi connectivity index (χ1n) is 11.2. The van der Waals surface area contributed by atoms with E-state index in [1.807, 2.05) is 13.0 Å². The molecule has 0 saturated carbocycles. The lowest BCUT2D eigenvalue weighted by Gasteiger charge is -2.30. The summed E-state index contributed by atoms with van der Waals surface area (Å²) in [6.45, 7) is 9.45. The van der Waals surface area contributed by atoms with Crippen LogP contribution in [0.4, 0.5) is 19.3 Å². The van der Waals surface area contributed by atoms with Crippen molar-refractivity contribution in [1.82, 2.24) is 10.3 Å². The van der Waals surface area contributed by atoms with Crippen LogP contribution in [0, 0.1) is 23.0 Å². The summed E-state index contributed by atoms with van der Waals surface area (Å²) in [5.41, 5.74) is -1.06. The van der Waals surface area contributed by atoms with Gasteiger partial charge in [-0.3, -0.25) is 0 Å². The second-order valence-corrected chi connectivity index (χ2v) is 9.59. The molecule has 3 rings (SSSR count). The van der Waals surface area contributed by atoms with E-state index < -0.39 is 34.8 Å². The minimum absolute atomic E-state index is 0.0482. The molecule has 1 atom stereocenters. The smallest absolute Gasteiger partial charge is 0.408 e. The van der Waals surface area contributed by atoms with Gasteiger partial charge in [-0.2, -0.15) is 5.26 Å². The molecule has 0 unspecified atom stereocenters. The van der Waals surface area contributed by atoms with Crippen LogP contribution < -0.4 is 10.2 Å². The van der Waals surface area contributed by atoms with Crippen LogP contribution in [0.3, 0.4) is 0 Å². The van der Waals surface area contributed by atoms with Gasteiger partial charge < -0.3 is 19.7 Å². The Morgan fingerprint density at radius 1 is 1.26 bits per heavy atom. The number of halogens is 2. The van der Waals surface area contributed by atoms with Gasteiger partial charge in [0.25, 0.3) is 0 Å². The van der Waals surface area contributed by atoms with Crippen LogP contribution in [0.2, 0.25) is 0 Å². The molecule has 0 aliphatic carbocycles. The Kier molecular flexibility index (Phi) is 7.29. The average Bonchev–Trinajstić information content (AvgIpc) is 3.11. The van der Waals surface area contributed by atoms with Crippen LogP contribution in [0.1, 0.15) is 57.1 Å². The number of ether oxygens (including phenoxy) is 2. The maximum atomic E-state index is 14.1. The van der Waals surface area contributed by atoms with E-state index in [4.69, 9.17) is 9.47 Å². The molecule has 1 N–H and O–H groups in total. The first-order chi connectivity index (χ1) is 16.4. The summed E-state index contributed by atoms with van der Waals surface area (Å²) in [7, 11) is 0. The molecular weight excluding hydrogens is 458 g/mol. The molecule has 186 valence electrons. The number of benzene rings is 1. The number of anilines is 1. The van der Waals surface area contributed by atoms with Crippen molar-refractivity contribution in [3.05, 3.63) is 47.3 Å². The summed E-state index contributed by atoms with van der Waals surface area (Å²) >= 11 is 0. The van der Waals surface area contributed by atoms with Gasteiger partial charge in [-0.15, -0.1) is 0 Å². The van der Waals surface area contributed by atoms with Gasteiger partial charge in [-0.25, -0.2) is 23.4 Å². The molecule has 2 aromatic rings. The van der Waals surface area contributed by atoms with Crippen molar-refractivity contribution in [2.45, 2.75) is 52.2 Å². The van der Waals surface area contributed by atoms with Gasteiger partial charge >= 0.3 is 12.1 Å². The van der Waals surface area contributed by atoms with E-state index in [2.05, 4.69) is 10.3 Å². The number of aromatic nitrogens is 1. The molecule has 2 heterocycles. The van der Waals surface area contributed by atoms with E-state index in [-0.39, 0.29) is 41.2 Å². The number of carbonyl (C=O) groups excluding carboxylic acids is 2. The Bertz CT molecular complexity index is 1170. The molecule has 0 spiro atoms. The van der Waals surface area contributed by atoms with Gasteiger partial charge in [0.15, 0.2) is 0 Å². The fourth-order valence-corrected chi connectivity index (χ4v) is 4.05. The maximum Gasteiger partial charge on any atom is 0.408 e. The molecule has 1 aromatic heterocycles. The summed E-state index contributed by atoms with van der Waals surface area (Å²) in [5.74, 6) is -2.37. The number of carbonyl (C=O) groups is 2. The zero-order valence-electron chi connectivity index (χ0n) is 20.4. The average molecular weight is 487 g/mol. The molecule has 0 radical (unpaired) electrons. The number of esters is 1. The number of nitriles is 1. The van der Waals surface area contributed by atoms with Crippen molar-refractivity contribution < 1.29 is 27.8 Å². The molecule has 8 nitrogen and oxygen atoms in total. The van der Waals surface area contributed by atoms with Gasteiger partial charge in [-0.05, 0) is 58.7 Å². The number of alkyl carbamates (subject to hydrolysis) is 1. The molecule has 1 amide bonds. The lowest BCUT2D eigenvalue weighted by atomic mass is 9.97. The van der Waals surface area contributed by atoms with Gasteiger partial charge in [0.2, 0.25) is 0 Å². The third-order valence-corrected chi connectivity index (χ3v) is 5.40. The number of amides is 1. The normalized spacial score (nSPS) is 17.6. The highest BCUT2D eigenvalue weighted by molar-refractivity contribution is 6.01. The first kappa shape index (κ1) is 25.9. The Labute approximate surface area is 202 Å². The summed E-state index contributed by atoms with van der Waals surface area (Å²) in [4.78, 5) is 31.1. The van der Waals surface area contributed by atoms with Crippen LogP contribution in [-0.2, 0) is 9.47 Å². The fraction of sp³-hybridized carbons (Fsp3) is 0.440. The Balaban J connectivity index is 2.11. The number of pyridine rings is 1. The van der Waals surface area contributed by atoms with Crippen molar-refractivity contribution in [3.63, 3.8) is 0 Å². The lowest BCUT2D eigenvalue weighted by molar-refractivity contribution is 0.0470. The van der Waals surface area contributed by atoms with E-state index in [0.717, 1.165) is 18.2 Å². The van der Waals surface area contributed by atoms with Crippen LogP contribution in [-0.4, -0.2) is 47.9 Å². The number of hydrogen-bond donors (Lipinski definition) is 1. The molecule has 10 heteroatoms. The molecule has 1 aliphatic heterocycles. The third kappa shape index (κ3) is 6.04. The van der Waals surface area contributed by atoms with Crippen molar-refractivity contribution >= 4 is 17.7 Å². The predicted molar refractivity (Wildman–Crippen MR) is 125 cm³/mol. The summed E-state index contributed by atoms with van der Waals surface area (Å²) in [6, 6.07) is 4.82. The highest BCUT2D eigenvalue weighted by Crippen LogP contribution is 2.40. The highest BCUT2D eigenvalue weighted by atomic mass is 19.1. The zero-order valence-corrected chi connectivity index (χ0v) is 20.4. The van der Waals surface area contributed by atoms with Gasteiger partial charge in [0.1, 0.15) is 34.6 Å². The van der Waals surface area contributed by atoms with Gasteiger partial charge in [0.05, 0.1) is 17.8 Å². The van der Waals surface area contributed by atoms with Crippen molar-refractivity contribution in [2.24, 2.45) is 0 Å². The third-order valence-electron chi connectivity index (χ3n) is 5.40. The highest BCUT2D eigenvalue weighted by Gasteiger charge is 2.39. The number of nitrogens with zero attached hydrogens (tertiary/aromatic N) is 3. The van der Waals surface area contributed by atoms with Crippen LogP contribution in [0.15, 0.2) is 24.4 Å².